The predicted molar refractivity (Wildman–Crippen MR) is 177 cm³/mol. The first-order valence-electron chi connectivity index (χ1n) is 15.3. The van der Waals surface area contributed by atoms with Gasteiger partial charge in [0.05, 0.1) is 6.61 Å². The summed E-state index contributed by atoms with van der Waals surface area (Å²) < 4.78 is 12.3. The number of carbonyl (C=O) groups excluding carboxylic acids is 1. The van der Waals surface area contributed by atoms with Crippen LogP contribution in [0.15, 0.2) is 112 Å². The van der Waals surface area contributed by atoms with E-state index >= 15 is 0 Å². The van der Waals surface area contributed by atoms with E-state index in [4.69, 9.17) is 19.6 Å². The van der Waals surface area contributed by atoms with Gasteiger partial charge >= 0.3 is 0 Å². The van der Waals surface area contributed by atoms with Gasteiger partial charge < -0.3 is 19.9 Å². The van der Waals surface area contributed by atoms with Crippen LogP contribution in [0.4, 0.5) is 11.4 Å². The normalized spacial score (nSPS) is 18.2. The fraction of sp³-hybridized carbons (Fsp3) is 0.257. The third kappa shape index (κ3) is 6.61. The Morgan fingerprint density at radius 3 is 2.26 bits per heavy atom. The van der Waals surface area contributed by atoms with Crippen LogP contribution in [-0.4, -0.2) is 41.7 Å². The lowest BCUT2D eigenvalue weighted by atomic mass is 9.81. The molecule has 0 saturated heterocycles. The van der Waals surface area contributed by atoms with Crippen molar-refractivity contribution in [2.24, 2.45) is 15.2 Å². The van der Waals surface area contributed by atoms with Crippen LogP contribution in [-0.2, 0) is 28.8 Å². The first-order valence-corrected chi connectivity index (χ1v) is 15.3. The highest BCUT2D eigenvalue weighted by Gasteiger charge is 2.54. The van der Waals surface area contributed by atoms with Gasteiger partial charge in [0.1, 0.15) is 5.75 Å². The van der Waals surface area contributed by atoms with Crippen molar-refractivity contribution in [2.45, 2.75) is 43.4 Å². The van der Waals surface area contributed by atoms with E-state index in [1.807, 2.05) is 18.2 Å². The highest BCUT2D eigenvalue weighted by atomic mass is 16.5. The van der Waals surface area contributed by atoms with Crippen LogP contribution in [0.3, 0.4) is 0 Å². The Morgan fingerprint density at radius 1 is 0.915 bits per heavy atom. The second kappa shape index (κ2) is 14.1. The molecule has 0 saturated carbocycles. The monoisotopic (exact) mass is 628 g/mol. The number of aliphatic hydroxyl groups is 1. The summed E-state index contributed by atoms with van der Waals surface area (Å²) >= 11 is 0. The molecule has 0 unspecified atom stereocenters. The van der Waals surface area contributed by atoms with E-state index in [0.29, 0.717) is 59.7 Å². The van der Waals surface area contributed by atoms with Gasteiger partial charge in [-0.3, -0.25) is 4.79 Å². The molecule has 12 heteroatoms. The molecule has 1 amide bonds. The van der Waals surface area contributed by atoms with Gasteiger partial charge in [-0.1, -0.05) is 83.0 Å². The zero-order valence-electron chi connectivity index (χ0n) is 25.4. The zero-order chi connectivity index (χ0) is 32.6. The smallest absolute Gasteiger partial charge is 0.252 e. The SMILES string of the molecule is [N-]=[N+]=Nc1ccccc1C[C@@]1(C(=O)NC2Cc3ccccc3C2)N=C(c2ccc(OCCCO)cc2)O[C@@H]1c1ccccc1N=[N+]=[N-]. The lowest BCUT2D eigenvalue weighted by Gasteiger charge is -2.32. The molecule has 2 atom stereocenters. The number of nitrogens with zero attached hydrogens (tertiary/aromatic N) is 7. The highest BCUT2D eigenvalue weighted by molar-refractivity contribution is 6.01. The van der Waals surface area contributed by atoms with Crippen molar-refractivity contribution in [2.75, 3.05) is 13.2 Å². The van der Waals surface area contributed by atoms with E-state index in [9.17, 15) is 15.9 Å². The van der Waals surface area contributed by atoms with Gasteiger partial charge in [-0.2, -0.15) is 0 Å². The van der Waals surface area contributed by atoms with E-state index in [-0.39, 0.29) is 30.9 Å². The second-order valence-corrected chi connectivity index (χ2v) is 11.4. The summed E-state index contributed by atoms with van der Waals surface area (Å²) in [4.78, 5) is 25.9. The summed E-state index contributed by atoms with van der Waals surface area (Å²) in [5.41, 5.74) is 21.8. The Labute approximate surface area is 271 Å². The fourth-order valence-corrected chi connectivity index (χ4v) is 6.18. The summed E-state index contributed by atoms with van der Waals surface area (Å²) in [6.07, 6.45) is 0.854. The zero-order valence-corrected chi connectivity index (χ0v) is 25.4. The number of ether oxygens (including phenoxy) is 2. The van der Waals surface area contributed by atoms with E-state index in [1.165, 1.54) is 11.1 Å². The fourth-order valence-electron chi connectivity index (χ4n) is 6.18. The number of azide groups is 2. The van der Waals surface area contributed by atoms with Crippen LogP contribution in [0.1, 0.15) is 40.3 Å². The lowest BCUT2D eigenvalue weighted by molar-refractivity contribution is -0.129. The van der Waals surface area contributed by atoms with Crippen LogP contribution >= 0.6 is 0 Å². The van der Waals surface area contributed by atoms with Gasteiger partial charge in [-0.25, -0.2) is 4.99 Å². The van der Waals surface area contributed by atoms with E-state index in [0.717, 1.165) is 0 Å². The molecular weight excluding hydrogens is 596 g/mol. The molecule has 0 spiro atoms. The van der Waals surface area contributed by atoms with Gasteiger partial charge in [-0.15, -0.1) is 0 Å². The Hall–Kier alpha value is -5.80. The number of amides is 1. The topological polar surface area (TPSA) is 178 Å². The number of hydrogen-bond donors (Lipinski definition) is 2. The summed E-state index contributed by atoms with van der Waals surface area (Å²) in [7, 11) is 0. The maximum atomic E-state index is 14.8. The Morgan fingerprint density at radius 2 is 1.55 bits per heavy atom. The van der Waals surface area contributed by atoms with Crippen molar-refractivity contribution < 1.29 is 19.4 Å². The number of carbonyl (C=O) groups is 1. The van der Waals surface area contributed by atoms with Crippen molar-refractivity contribution in [1.29, 1.82) is 0 Å². The van der Waals surface area contributed by atoms with Crippen LogP contribution in [0, 0.1) is 0 Å². The molecule has 1 aliphatic carbocycles. The Kier molecular flexibility index (Phi) is 9.36. The maximum absolute atomic E-state index is 14.8. The largest absolute Gasteiger partial charge is 0.494 e. The molecule has 1 aliphatic heterocycles. The molecule has 1 heterocycles. The summed E-state index contributed by atoms with van der Waals surface area (Å²) in [5, 5.41) is 20.2. The number of aliphatic hydroxyl groups excluding tert-OH is 1. The Balaban J connectivity index is 1.47. The molecule has 4 aromatic rings. The lowest BCUT2D eigenvalue weighted by Crippen LogP contribution is -2.53. The molecule has 0 radical (unpaired) electrons. The minimum atomic E-state index is -1.59. The summed E-state index contributed by atoms with van der Waals surface area (Å²) in [6, 6.07) is 29.1. The van der Waals surface area contributed by atoms with E-state index in [1.54, 1.807) is 66.7 Å². The molecule has 0 bridgehead atoms. The van der Waals surface area contributed by atoms with Gasteiger partial charge in [0.25, 0.3) is 5.91 Å². The molecule has 2 aliphatic rings. The number of rotatable bonds is 12. The van der Waals surface area contributed by atoms with Crippen LogP contribution in [0.25, 0.3) is 20.9 Å². The number of benzene rings is 4. The van der Waals surface area contributed by atoms with Gasteiger partial charge in [0, 0.05) is 57.8 Å². The molecule has 0 aromatic heterocycles. The molecule has 6 rings (SSSR count). The highest BCUT2D eigenvalue weighted by Crippen LogP contribution is 2.46. The third-order valence-corrected chi connectivity index (χ3v) is 8.39. The standard InChI is InChI=1S/C35H32N8O4/c36-42-40-30-12-5-3-10-26(30)22-35(34(45)38-27-20-24-8-1-2-9-25(24)21-27)32(29-11-4-6-13-31(29)41-43-37)47-33(39-35)23-14-16-28(17-15-23)46-19-7-18-44/h1-6,8-17,27,32,44H,7,18-22H2,(H,38,45)/t32-,35-/m1/s1. The van der Waals surface area contributed by atoms with Crippen LogP contribution < -0.4 is 10.1 Å². The molecule has 0 fully saturated rings. The van der Waals surface area contributed by atoms with Crippen molar-refractivity contribution in [3.8, 4) is 5.75 Å². The van der Waals surface area contributed by atoms with Gasteiger partial charge in [0.15, 0.2) is 11.6 Å². The molecule has 12 nitrogen and oxygen atoms in total. The molecule has 236 valence electrons. The minimum absolute atomic E-state index is 0.0226. The van der Waals surface area contributed by atoms with Gasteiger partial charge in [0.2, 0.25) is 5.90 Å². The van der Waals surface area contributed by atoms with Crippen molar-refractivity contribution >= 4 is 23.2 Å². The minimum Gasteiger partial charge on any atom is -0.494 e. The second-order valence-electron chi connectivity index (χ2n) is 11.4. The average molecular weight is 629 g/mol. The van der Waals surface area contributed by atoms with Crippen LogP contribution in [0.2, 0.25) is 0 Å². The molecule has 2 N–H and O–H groups in total. The predicted octanol–water partition coefficient (Wildman–Crippen LogP) is 7.11. The number of fused-ring (bicyclic) bond motifs is 1. The quantitative estimate of drug-likeness (QED) is 0.0735. The number of hydrogen-bond acceptors (Lipinski definition) is 7. The Bertz CT molecular complexity index is 1870. The molecule has 47 heavy (non-hydrogen) atoms. The van der Waals surface area contributed by atoms with E-state index in [2.05, 4.69) is 37.5 Å². The number of nitrogens with one attached hydrogen (secondary N) is 1. The summed E-state index contributed by atoms with van der Waals surface area (Å²) in [5.74, 6) is 0.462. The third-order valence-electron chi connectivity index (χ3n) is 8.39. The molecular formula is C35H32N8O4. The van der Waals surface area contributed by atoms with Crippen molar-refractivity contribution in [3.05, 3.63) is 146 Å². The molecule has 4 aromatic carbocycles. The maximum Gasteiger partial charge on any atom is 0.252 e. The first-order chi connectivity index (χ1) is 23.0. The van der Waals surface area contributed by atoms with E-state index < -0.39 is 11.6 Å². The van der Waals surface area contributed by atoms with Crippen molar-refractivity contribution in [3.63, 3.8) is 0 Å². The van der Waals surface area contributed by atoms with Crippen molar-refractivity contribution in [1.82, 2.24) is 5.32 Å². The average Bonchev–Trinajstić information content (AvgIpc) is 3.68. The first kappa shape index (κ1) is 31.2. The van der Waals surface area contributed by atoms with Crippen LogP contribution in [0.5, 0.6) is 5.75 Å². The summed E-state index contributed by atoms with van der Waals surface area (Å²) in [6.45, 7) is 0.395. The van der Waals surface area contributed by atoms with Gasteiger partial charge in [-0.05, 0) is 64.9 Å². The number of aliphatic imine (C=N–C) groups is 1.